The van der Waals surface area contributed by atoms with Gasteiger partial charge in [-0.2, -0.15) is 0 Å². The quantitative estimate of drug-likeness (QED) is 0.695. The van der Waals surface area contributed by atoms with Crippen LogP contribution in [0.15, 0.2) is 0 Å². The van der Waals surface area contributed by atoms with E-state index < -0.39 is 0 Å². The van der Waals surface area contributed by atoms with E-state index in [1.54, 1.807) is 0 Å². The van der Waals surface area contributed by atoms with Crippen molar-refractivity contribution in [3.8, 4) is 0 Å². The molecule has 0 aliphatic heterocycles. The summed E-state index contributed by atoms with van der Waals surface area (Å²) in [6.45, 7) is 5.37. The molecule has 1 unspecified atom stereocenters. The van der Waals surface area contributed by atoms with Gasteiger partial charge in [0.25, 0.3) is 0 Å². The highest BCUT2D eigenvalue weighted by Crippen LogP contribution is 2.48. The van der Waals surface area contributed by atoms with E-state index in [0.29, 0.717) is 11.5 Å². The molecule has 0 aromatic carbocycles. The molecule has 2 nitrogen and oxygen atoms in total. The predicted molar refractivity (Wildman–Crippen MR) is 53.6 cm³/mol. The highest BCUT2D eigenvalue weighted by atomic mass is 16.3. The average molecular weight is 183 g/mol. The minimum Gasteiger partial charge on any atom is -0.389 e. The van der Waals surface area contributed by atoms with Gasteiger partial charge in [-0.1, -0.05) is 6.92 Å². The molecule has 0 bridgehead atoms. The van der Waals surface area contributed by atoms with Gasteiger partial charge in [-0.15, -0.1) is 0 Å². The van der Waals surface area contributed by atoms with Crippen molar-refractivity contribution in [2.45, 2.75) is 57.6 Å². The normalized spacial score (nSPS) is 30.7. The summed E-state index contributed by atoms with van der Waals surface area (Å²) >= 11 is 0. The Bertz CT molecular complexity index is 194. The van der Waals surface area contributed by atoms with E-state index in [0.717, 1.165) is 19.4 Å². The summed E-state index contributed by atoms with van der Waals surface area (Å²) < 4.78 is 0. The third-order valence-corrected chi connectivity index (χ3v) is 4.11. The van der Waals surface area contributed by atoms with Crippen LogP contribution in [0.5, 0.6) is 0 Å². The average Bonchev–Trinajstić information content (AvgIpc) is 2.77. The molecule has 2 saturated carbocycles. The molecule has 0 aromatic heterocycles. The van der Waals surface area contributed by atoms with E-state index in [4.69, 9.17) is 0 Å². The zero-order valence-corrected chi connectivity index (χ0v) is 8.77. The van der Waals surface area contributed by atoms with Crippen molar-refractivity contribution in [2.24, 2.45) is 5.41 Å². The van der Waals surface area contributed by atoms with Gasteiger partial charge in [0.15, 0.2) is 0 Å². The van der Waals surface area contributed by atoms with Crippen LogP contribution in [0.3, 0.4) is 0 Å². The monoisotopic (exact) mass is 183 g/mol. The standard InChI is InChI=1S/C11H21NO/c1-9(10(2)6-7-10)12-8-11(13)4-3-5-11/h9,12-13H,3-8H2,1-2H3. The largest absolute Gasteiger partial charge is 0.389 e. The second-order valence-electron chi connectivity index (χ2n) is 5.33. The van der Waals surface area contributed by atoms with Crippen molar-refractivity contribution >= 4 is 0 Å². The molecule has 0 saturated heterocycles. The molecule has 0 aromatic rings. The summed E-state index contributed by atoms with van der Waals surface area (Å²) in [7, 11) is 0. The summed E-state index contributed by atoms with van der Waals surface area (Å²) in [6, 6.07) is 0.567. The Morgan fingerprint density at radius 1 is 1.31 bits per heavy atom. The Morgan fingerprint density at radius 3 is 2.31 bits per heavy atom. The van der Waals surface area contributed by atoms with E-state index in [1.165, 1.54) is 19.3 Å². The topological polar surface area (TPSA) is 32.3 Å². The Hall–Kier alpha value is -0.0800. The first kappa shape index (κ1) is 9.47. The van der Waals surface area contributed by atoms with Gasteiger partial charge in [0.1, 0.15) is 0 Å². The van der Waals surface area contributed by atoms with Crippen LogP contribution in [0, 0.1) is 5.41 Å². The highest BCUT2D eigenvalue weighted by molar-refractivity contribution is 4.98. The van der Waals surface area contributed by atoms with Crippen LogP contribution >= 0.6 is 0 Å². The van der Waals surface area contributed by atoms with Gasteiger partial charge in [0.05, 0.1) is 5.60 Å². The third-order valence-electron chi connectivity index (χ3n) is 4.11. The van der Waals surface area contributed by atoms with Crippen molar-refractivity contribution in [3.63, 3.8) is 0 Å². The van der Waals surface area contributed by atoms with E-state index in [-0.39, 0.29) is 5.60 Å². The zero-order valence-electron chi connectivity index (χ0n) is 8.77. The van der Waals surface area contributed by atoms with Crippen molar-refractivity contribution < 1.29 is 5.11 Å². The molecule has 2 heteroatoms. The van der Waals surface area contributed by atoms with Gasteiger partial charge in [-0.05, 0) is 44.4 Å². The lowest BCUT2D eigenvalue weighted by Gasteiger charge is -2.38. The SMILES string of the molecule is CC(NCC1(O)CCC1)C1(C)CC1. The lowest BCUT2D eigenvalue weighted by atomic mass is 9.80. The molecule has 0 amide bonds. The molecular formula is C11H21NO. The van der Waals surface area contributed by atoms with Gasteiger partial charge in [0, 0.05) is 12.6 Å². The summed E-state index contributed by atoms with van der Waals surface area (Å²) in [5.74, 6) is 0. The number of hydrogen-bond donors (Lipinski definition) is 2. The second kappa shape index (κ2) is 2.96. The molecule has 1 atom stereocenters. The second-order valence-corrected chi connectivity index (χ2v) is 5.33. The maximum atomic E-state index is 9.88. The third kappa shape index (κ3) is 1.89. The van der Waals surface area contributed by atoms with Crippen LogP contribution in [0.25, 0.3) is 0 Å². The predicted octanol–water partition coefficient (Wildman–Crippen LogP) is 1.68. The molecule has 0 spiro atoms. The fraction of sp³-hybridized carbons (Fsp3) is 1.00. The molecule has 2 N–H and O–H groups in total. The Labute approximate surface area is 80.7 Å². The molecule has 2 rings (SSSR count). The molecule has 2 fully saturated rings. The smallest absolute Gasteiger partial charge is 0.0771 e. The molecular weight excluding hydrogens is 162 g/mol. The van der Waals surface area contributed by atoms with Crippen LogP contribution in [0.1, 0.15) is 46.0 Å². The Kier molecular flexibility index (Phi) is 2.16. The molecule has 0 heterocycles. The first-order chi connectivity index (χ1) is 6.04. The van der Waals surface area contributed by atoms with Crippen LogP contribution in [0.4, 0.5) is 0 Å². The summed E-state index contributed by atoms with van der Waals surface area (Å²) in [5, 5.41) is 13.4. The molecule has 76 valence electrons. The van der Waals surface area contributed by atoms with Gasteiger partial charge in [0.2, 0.25) is 0 Å². The molecule has 2 aliphatic rings. The van der Waals surface area contributed by atoms with Crippen molar-refractivity contribution in [1.29, 1.82) is 0 Å². The molecule has 13 heavy (non-hydrogen) atoms. The fourth-order valence-corrected chi connectivity index (χ4v) is 1.98. The van der Waals surface area contributed by atoms with Crippen LogP contribution in [-0.4, -0.2) is 23.3 Å². The van der Waals surface area contributed by atoms with E-state index in [9.17, 15) is 5.11 Å². The first-order valence-corrected chi connectivity index (χ1v) is 5.50. The van der Waals surface area contributed by atoms with Crippen LogP contribution in [0.2, 0.25) is 0 Å². The maximum Gasteiger partial charge on any atom is 0.0771 e. The van der Waals surface area contributed by atoms with Crippen LogP contribution in [-0.2, 0) is 0 Å². The number of aliphatic hydroxyl groups is 1. The van der Waals surface area contributed by atoms with Gasteiger partial charge in [-0.25, -0.2) is 0 Å². The van der Waals surface area contributed by atoms with Gasteiger partial charge < -0.3 is 10.4 Å². The maximum absolute atomic E-state index is 9.88. The zero-order chi connectivity index (χ0) is 9.53. The van der Waals surface area contributed by atoms with E-state index in [1.807, 2.05) is 0 Å². The first-order valence-electron chi connectivity index (χ1n) is 5.50. The minimum atomic E-state index is -0.362. The number of nitrogens with one attached hydrogen (secondary N) is 1. The van der Waals surface area contributed by atoms with Crippen molar-refractivity contribution in [3.05, 3.63) is 0 Å². The lowest BCUT2D eigenvalue weighted by Crippen LogP contribution is -2.49. The molecule has 0 radical (unpaired) electrons. The lowest BCUT2D eigenvalue weighted by molar-refractivity contribution is -0.0342. The van der Waals surface area contributed by atoms with Crippen LogP contribution < -0.4 is 5.32 Å². The van der Waals surface area contributed by atoms with E-state index >= 15 is 0 Å². The summed E-state index contributed by atoms with van der Waals surface area (Å²) in [5.41, 5.74) is 0.166. The highest BCUT2D eigenvalue weighted by Gasteiger charge is 2.43. The van der Waals surface area contributed by atoms with Gasteiger partial charge in [-0.3, -0.25) is 0 Å². The fourth-order valence-electron chi connectivity index (χ4n) is 1.98. The number of rotatable bonds is 4. The Morgan fingerprint density at radius 2 is 1.92 bits per heavy atom. The minimum absolute atomic E-state index is 0.362. The van der Waals surface area contributed by atoms with Gasteiger partial charge >= 0.3 is 0 Å². The number of hydrogen-bond acceptors (Lipinski definition) is 2. The van der Waals surface area contributed by atoms with Crippen molar-refractivity contribution in [2.75, 3.05) is 6.54 Å². The van der Waals surface area contributed by atoms with E-state index in [2.05, 4.69) is 19.2 Å². The van der Waals surface area contributed by atoms with Crippen molar-refractivity contribution in [1.82, 2.24) is 5.32 Å². The Balaban J connectivity index is 1.72. The summed E-state index contributed by atoms with van der Waals surface area (Å²) in [4.78, 5) is 0. The summed E-state index contributed by atoms with van der Waals surface area (Å²) in [6.07, 6.45) is 5.87. The molecule has 2 aliphatic carbocycles.